The zero-order valence-corrected chi connectivity index (χ0v) is 23.3. The number of hydrogen-bond donors (Lipinski definition) is 3. The minimum Gasteiger partial charge on any atom is -0.387 e. The number of nitrogens with zero attached hydrogens (tertiary/aromatic N) is 5. The number of likely N-dealkylation sites (N-methyl/N-ethyl adjacent to an activating group) is 1. The highest BCUT2D eigenvalue weighted by Gasteiger charge is 2.35. The Morgan fingerprint density at radius 2 is 1.93 bits per heavy atom. The molecule has 0 aliphatic carbocycles. The minimum absolute atomic E-state index is 0.00506. The molecule has 4 heterocycles. The van der Waals surface area contributed by atoms with Gasteiger partial charge in [0.15, 0.2) is 5.65 Å². The molecule has 12 nitrogen and oxygen atoms in total. The van der Waals surface area contributed by atoms with E-state index in [1.165, 1.54) is 18.7 Å². The summed E-state index contributed by atoms with van der Waals surface area (Å²) in [5.74, 6) is -0.750. The maximum atomic E-state index is 14.6. The molecule has 0 radical (unpaired) electrons. The number of ether oxygens (including phenoxy) is 1. The number of hydrogen-bond acceptors (Lipinski definition) is 8. The second-order valence-corrected chi connectivity index (χ2v) is 10.9. The molecule has 41 heavy (non-hydrogen) atoms. The molecular weight excluding hydrogens is 533 g/mol. The molecule has 2 aromatic heterocycles. The second-order valence-electron chi connectivity index (χ2n) is 10.9. The van der Waals surface area contributed by atoms with Crippen LogP contribution >= 0.6 is 0 Å². The van der Waals surface area contributed by atoms with Gasteiger partial charge >= 0.3 is 0 Å². The summed E-state index contributed by atoms with van der Waals surface area (Å²) in [5.41, 5.74) is 2.59. The molecule has 0 spiro atoms. The smallest absolute Gasteiger partial charge is 0.254 e. The number of rotatable bonds is 9. The zero-order chi connectivity index (χ0) is 29.3. The van der Waals surface area contributed by atoms with Crippen molar-refractivity contribution in [3.8, 4) is 0 Å². The SMILES string of the molecule is CNC(=O)Cc1cnc2c(CC(=O)Nc3cc4c(cc3N3CCOCC3)C(=O)N(C[C@@H](F)C(C)(C)O)C4)cnn2c1. The van der Waals surface area contributed by atoms with Crippen LogP contribution in [0.25, 0.3) is 5.65 Å². The van der Waals surface area contributed by atoms with Gasteiger partial charge in [-0.25, -0.2) is 13.9 Å². The molecule has 1 fully saturated rings. The molecular formula is C28H34FN7O5. The maximum Gasteiger partial charge on any atom is 0.254 e. The van der Waals surface area contributed by atoms with Gasteiger partial charge in [0.25, 0.3) is 5.91 Å². The quantitative estimate of drug-likeness (QED) is 0.349. The third-order valence-electron chi connectivity index (χ3n) is 7.35. The Morgan fingerprint density at radius 1 is 1.17 bits per heavy atom. The number of nitrogens with one attached hydrogen (secondary N) is 2. The number of benzene rings is 1. The largest absolute Gasteiger partial charge is 0.387 e. The van der Waals surface area contributed by atoms with Gasteiger partial charge in [0, 0.05) is 50.2 Å². The normalized spacial score (nSPS) is 16.2. The summed E-state index contributed by atoms with van der Waals surface area (Å²) >= 11 is 0. The average molecular weight is 568 g/mol. The van der Waals surface area contributed by atoms with Crippen molar-refractivity contribution >= 4 is 34.7 Å². The van der Waals surface area contributed by atoms with Crippen molar-refractivity contribution in [3.63, 3.8) is 0 Å². The molecule has 2 aliphatic rings. The van der Waals surface area contributed by atoms with Gasteiger partial charge in [-0.15, -0.1) is 0 Å². The van der Waals surface area contributed by atoms with Crippen LogP contribution in [0.5, 0.6) is 0 Å². The number of fused-ring (bicyclic) bond motifs is 2. The van der Waals surface area contributed by atoms with E-state index in [2.05, 4.69) is 25.6 Å². The highest BCUT2D eigenvalue weighted by atomic mass is 19.1. The highest BCUT2D eigenvalue weighted by molar-refractivity contribution is 6.03. The van der Waals surface area contributed by atoms with Crippen LogP contribution in [0.2, 0.25) is 0 Å². The van der Waals surface area contributed by atoms with Crippen LogP contribution in [-0.4, -0.2) is 94.0 Å². The van der Waals surface area contributed by atoms with E-state index < -0.39 is 11.8 Å². The average Bonchev–Trinajstić information content (AvgIpc) is 3.47. The van der Waals surface area contributed by atoms with E-state index in [1.807, 2.05) is 0 Å². The van der Waals surface area contributed by atoms with Gasteiger partial charge in [-0.2, -0.15) is 5.10 Å². The van der Waals surface area contributed by atoms with Crippen molar-refractivity contribution in [3.05, 3.63) is 53.0 Å². The van der Waals surface area contributed by atoms with E-state index in [0.717, 1.165) is 0 Å². The van der Waals surface area contributed by atoms with E-state index in [1.54, 1.807) is 42.3 Å². The molecule has 1 aromatic carbocycles. The number of alkyl halides is 1. The predicted molar refractivity (Wildman–Crippen MR) is 148 cm³/mol. The lowest BCUT2D eigenvalue weighted by molar-refractivity contribution is -0.120. The van der Waals surface area contributed by atoms with Crippen LogP contribution in [0.3, 0.4) is 0 Å². The molecule has 0 bridgehead atoms. The Labute approximate surface area is 236 Å². The van der Waals surface area contributed by atoms with Crippen LogP contribution in [0.4, 0.5) is 15.8 Å². The van der Waals surface area contributed by atoms with Crippen LogP contribution in [0.1, 0.15) is 40.9 Å². The van der Waals surface area contributed by atoms with E-state index in [0.29, 0.717) is 65.6 Å². The van der Waals surface area contributed by atoms with Gasteiger partial charge < -0.3 is 30.3 Å². The van der Waals surface area contributed by atoms with Gasteiger partial charge in [0.1, 0.15) is 6.17 Å². The lowest BCUT2D eigenvalue weighted by Crippen LogP contribution is -2.42. The summed E-state index contributed by atoms with van der Waals surface area (Å²) < 4.78 is 21.6. The van der Waals surface area contributed by atoms with Gasteiger partial charge in [0.2, 0.25) is 11.8 Å². The molecule has 0 saturated carbocycles. The summed E-state index contributed by atoms with van der Waals surface area (Å²) in [7, 11) is 1.57. The molecule has 3 aromatic rings. The lowest BCUT2D eigenvalue weighted by atomic mass is 10.0. The maximum absolute atomic E-state index is 14.6. The van der Waals surface area contributed by atoms with Crippen molar-refractivity contribution < 1.29 is 28.6 Å². The number of halogens is 1. The first kappa shape index (κ1) is 28.4. The molecule has 3 amide bonds. The molecule has 2 aliphatic heterocycles. The number of aliphatic hydroxyl groups is 1. The van der Waals surface area contributed by atoms with E-state index in [4.69, 9.17) is 4.74 Å². The Hall–Kier alpha value is -4.10. The third-order valence-corrected chi connectivity index (χ3v) is 7.35. The zero-order valence-electron chi connectivity index (χ0n) is 23.3. The standard InChI is InChI=1S/C28H34FN7O5/c1-28(2,40)23(29)16-35-15-19-9-21(22(11-20(19)27(35)39)34-4-6-41-7-5-34)33-25(38)10-18-13-32-36-14-17(8-24(37)30-3)12-31-26(18)36/h9,11-14,23,40H,4-8,10,15-16H2,1-3H3,(H,30,37)(H,33,38)/t23-/m1/s1. The number of amides is 3. The van der Waals surface area contributed by atoms with Gasteiger partial charge in [0.05, 0.1) is 55.8 Å². The summed E-state index contributed by atoms with van der Waals surface area (Å²) in [6.45, 7) is 4.87. The Kier molecular flexibility index (Phi) is 7.91. The molecule has 3 N–H and O–H groups in total. The second kappa shape index (κ2) is 11.4. The van der Waals surface area contributed by atoms with Gasteiger partial charge in [-0.05, 0) is 37.1 Å². The number of carbonyl (C=O) groups excluding carboxylic acids is 3. The summed E-state index contributed by atoms with van der Waals surface area (Å²) in [6, 6.07) is 3.52. The number of morpholine rings is 1. The van der Waals surface area contributed by atoms with Crippen molar-refractivity contribution in [2.24, 2.45) is 0 Å². The highest BCUT2D eigenvalue weighted by Crippen LogP contribution is 2.35. The summed E-state index contributed by atoms with van der Waals surface area (Å²) in [5, 5.41) is 19.9. The summed E-state index contributed by atoms with van der Waals surface area (Å²) in [6.07, 6.45) is 3.43. The van der Waals surface area contributed by atoms with Crippen LogP contribution in [-0.2, 0) is 33.7 Å². The minimum atomic E-state index is -1.61. The molecule has 13 heteroatoms. The fourth-order valence-electron chi connectivity index (χ4n) is 4.96. The fourth-order valence-corrected chi connectivity index (χ4v) is 4.96. The van der Waals surface area contributed by atoms with E-state index >= 15 is 0 Å². The summed E-state index contributed by atoms with van der Waals surface area (Å²) in [4.78, 5) is 46.0. The van der Waals surface area contributed by atoms with E-state index in [9.17, 15) is 23.9 Å². The van der Waals surface area contributed by atoms with Crippen molar-refractivity contribution in [1.82, 2.24) is 24.8 Å². The first-order valence-corrected chi connectivity index (χ1v) is 13.5. The lowest BCUT2D eigenvalue weighted by Gasteiger charge is -2.31. The molecule has 1 atom stereocenters. The molecule has 0 unspecified atom stereocenters. The van der Waals surface area contributed by atoms with Gasteiger partial charge in [-0.3, -0.25) is 14.4 Å². The number of aromatic nitrogens is 3. The Morgan fingerprint density at radius 3 is 2.63 bits per heavy atom. The topological polar surface area (TPSA) is 141 Å². The number of carbonyl (C=O) groups is 3. The van der Waals surface area contributed by atoms with Crippen molar-refractivity contribution in [2.75, 3.05) is 50.1 Å². The third kappa shape index (κ3) is 6.15. The van der Waals surface area contributed by atoms with Gasteiger partial charge in [-0.1, -0.05) is 0 Å². The molecule has 218 valence electrons. The monoisotopic (exact) mass is 567 g/mol. The predicted octanol–water partition coefficient (Wildman–Crippen LogP) is 1.10. The van der Waals surface area contributed by atoms with Crippen LogP contribution in [0, 0.1) is 0 Å². The van der Waals surface area contributed by atoms with Crippen LogP contribution in [0.15, 0.2) is 30.7 Å². The first-order chi connectivity index (χ1) is 19.5. The molecule has 5 rings (SSSR count). The van der Waals surface area contributed by atoms with Crippen molar-refractivity contribution in [1.29, 1.82) is 0 Å². The first-order valence-electron chi connectivity index (χ1n) is 13.5. The van der Waals surface area contributed by atoms with Crippen molar-refractivity contribution in [2.45, 2.75) is 45.0 Å². The fraction of sp³-hybridized carbons (Fsp3) is 0.464. The van der Waals surface area contributed by atoms with E-state index in [-0.39, 0.29) is 43.7 Å². The number of anilines is 2. The van der Waals surface area contributed by atoms with Crippen LogP contribution < -0.4 is 15.5 Å². The Bertz CT molecular complexity index is 1480. The Balaban J connectivity index is 1.37. The molecule has 1 saturated heterocycles.